The summed E-state index contributed by atoms with van der Waals surface area (Å²) in [5.41, 5.74) is 3.05. The highest BCUT2D eigenvalue weighted by atomic mass is 19.1. The first kappa shape index (κ1) is 19.1. The second-order valence-electron chi connectivity index (χ2n) is 6.67. The summed E-state index contributed by atoms with van der Waals surface area (Å²) in [6.45, 7) is 7.00. The van der Waals surface area contributed by atoms with Crippen LogP contribution in [-0.4, -0.2) is 12.5 Å². The Bertz CT molecular complexity index is 683. The lowest BCUT2D eigenvalue weighted by Crippen LogP contribution is -2.88. The average Bonchev–Trinajstić information content (AvgIpc) is 2.61. The Kier molecular flexibility index (Phi) is 7.14. The van der Waals surface area contributed by atoms with Crippen molar-refractivity contribution in [2.45, 2.75) is 39.8 Å². The molecule has 0 radical (unpaired) electrons. The molecule has 0 aromatic heterocycles. The lowest BCUT2D eigenvalue weighted by molar-refractivity contribution is -0.692. The van der Waals surface area contributed by atoms with Crippen LogP contribution in [0.2, 0.25) is 0 Å². The van der Waals surface area contributed by atoms with Crippen LogP contribution in [0.25, 0.3) is 0 Å². The monoisotopic (exact) mass is 343 g/mol. The number of nitrogens with two attached hydrogens (primary N) is 1. The zero-order valence-electron chi connectivity index (χ0n) is 15.3. The van der Waals surface area contributed by atoms with Crippen molar-refractivity contribution in [1.29, 1.82) is 0 Å². The molecule has 0 saturated carbocycles. The molecule has 0 aliphatic heterocycles. The van der Waals surface area contributed by atoms with E-state index in [1.54, 1.807) is 18.2 Å². The predicted molar refractivity (Wildman–Crippen MR) is 98.4 cm³/mol. The first-order chi connectivity index (χ1) is 12.0. The topological polar surface area (TPSA) is 45.7 Å². The van der Waals surface area contributed by atoms with Gasteiger partial charge in [-0.15, -0.1) is 0 Å². The maximum atomic E-state index is 13.6. The van der Waals surface area contributed by atoms with E-state index in [0.717, 1.165) is 6.42 Å². The zero-order valence-corrected chi connectivity index (χ0v) is 15.3. The van der Waals surface area contributed by atoms with Crippen LogP contribution in [0.1, 0.15) is 43.5 Å². The summed E-state index contributed by atoms with van der Waals surface area (Å²) in [7, 11) is 0. The summed E-state index contributed by atoms with van der Waals surface area (Å²) in [5, 5.41) is 4.85. The summed E-state index contributed by atoms with van der Waals surface area (Å²) < 4.78 is 13.6. The van der Waals surface area contributed by atoms with Gasteiger partial charge in [-0.1, -0.05) is 63.2 Å². The van der Waals surface area contributed by atoms with Crippen LogP contribution in [0.3, 0.4) is 0 Å². The van der Waals surface area contributed by atoms with Gasteiger partial charge in [-0.2, -0.15) is 0 Å². The number of amides is 1. The van der Waals surface area contributed by atoms with Crippen LogP contribution in [-0.2, 0) is 17.8 Å². The molecule has 0 bridgehead atoms. The first-order valence-electron chi connectivity index (χ1n) is 8.93. The fourth-order valence-electron chi connectivity index (χ4n) is 2.91. The maximum absolute atomic E-state index is 13.6. The van der Waals surface area contributed by atoms with Gasteiger partial charge in [0, 0.05) is 23.6 Å². The molecular formula is C21H28FN2O+. The molecule has 0 fully saturated rings. The first-order valence-corrected chi connectivity index (χ1v) is 8.93. The van der Waals surface area contributed by atoms with Gasteiger partial charge >= 0.3 is 0 Å². The van der Waals surface area contributed by atoms with Gasteiger partial charge in [0.05, 0.1) is 0 Å². The molecule has 0 heterocycles. The van der Waals surface area contributed by atoms with Gasteiger partial charge in [0.15, 0.2) is 6.54 Å². The molecule has 25 heavy (non-hydrogen) atoms. The van der Waals surface area contributed by atoms with Crippen LogP contribution in [0, 0.1) is 11.7 Å². The van der Waals surface area contributed by atoms with E-state index in [4.69, 9.17) is 0 Å². The molecule has 0 aliphatic carbocycles. The molecule has 134 valence electrons. The van der Waals surface area contributed by atoms with Crippen molar-refractivity contribution in [1.82, 2.24) is 5.32 Å². The molecule has 0 aliphatic rings. The maximum Gasteiger partial charge on any atom is 0.275 e. The van der Waals surface area contributed by atoms with E-state index in [1.165, 1.54) is 17.2 Å². The molecular weight excluding hydrogens is 315 g/mol. The van der Waals surface area contributed by atoms with E-state index in [0.29, 0.717) is 18.0 Å². The van der Waals surface area contributed by atoms with Crippen LogP contribution in [0.5, 0.6) is 0 Å². The third-order valence-electron chi connectivity index (χ3n) is 4.48. The van der Waals surface area contributed by atoms with Crippen LogP contribution >= 0.6 is 0 Å². The summed E-state index contributed by atoms with van der Waals surface area (Å²) in [6.07, 6.45) is 1.02. The number of hydrogen-bond acceptors (Lipinski definition) is 1. The molecule has 2 aromatic rings. The lowest BCUT2D eigenvalue weighted by atomic mass is 9.95. The fraction of sp³-hybridized carbons (Fsp3) is 0.381. The van der Waals surface area contributed by atoms with Gasteiger partial charge < -0.3 is 10.6 Å². The summed E-state index contributed by atoms with van der Waals surface area (Å²) in [6, 6.07) is 15.3. The number of rotatable bonds is 8. The Morgan fingerprint density at radius 3 is 2.40 bits per heavy atom. The predicted octanol–water partition coefficient (Wildman–Crippen LogP) is 2.97. The summed E-state index contributed by atoms with van der Waals surface area (Å²) in [4.78, 5) is 12.1. The molecule has 1 amide bonds. The Balaban J connectivity index is 1.89. The molecule has 2 rings (SSSR count). The van der Waals surface area contributed by atoms with E-state index in [2.05, 4.69) is 55.7 Å². The van der Waals surface area contributed by atoms with E-state index < -0.39 is 0 Å². The number of carbonyl (C=O) groups excluding carboxylic acids is 1. The van der Waals surface area contributed by atoms with Crippen molar-refractivity contribution in [3.8, 4) is 0 Å². The van der Waals surface area contributed by atoms with Crippen molar-refractivity contribution in [3.63, 3.8) is 0 Å². The van der Waals surface area contributed by atoms with Crippen molar-refractivity contribution in [3.05, 3.63) is 71.0 Å². The largest absolute Gasteiger partial charge is 0.347 e. The normalized spacial score (nSPS) is 12.2. The van der Waals surface area contributed by atoms with Gasteiger partial charge in [-0.3, -0.25) is 4.79 Å². The van der Waals surface area contributed by atoms with E-state index in [-0.39, 0.29) is 24.3 Å². The minimum Gasteiger partial charge on any atom is -0.347 e. The molecule has 0 spiro atoms. The van der Waals surface area contributed by atoms with E-state index >= 15 is 0 Å². The van der Waals surface area contributed by atoms with Gasteiger partial charge in [-0.05, 0) is 18.1 Å². The Morgan fingerprint density at radius 2 is 1.80 bits per heavy atom. The number of carbonyl (C=O) groups is 1. The number of quaternary nitrogens is 1. The molecule has 4 heteroatoms. The number of halogens is 1. The summed E-state index contributed by atoms with van der Waals surface area (Å²) in [5.74, 6) is 0.0359. The molecule has 2 aromatic carbocycles. The standard InChI is InChI=1S/C21H27FN2O/c1-4-16-9-11-17(12-10-16)21(15(2)3)24-14-20(25)23-13-18-7-5-6-8-19(18)22/h5-12,15,21,24H,4,13-14H2,1-3H3,(H,23,25)/p+1/t21-/m0/s1. The van der Waals surface area contributed by atoms with Crippen molar-refractivity contribution in [2.24, 2.45) is 5.92 Å². The van der Waals surface area contributed by atoms with Crippen molar-refractivity contribution >= 4 is 5.91 Å². The van der Waals surface area contributed by atoms with Gasteiger partial charge in [0.25, 0.3) is 5.91 Å². The van der Waals surface area contributed by atoms with Gasteiger partial charge in [0.2, 0.25) is 0 Å². The second kappa shape index (κ2) is 9.33. The third-order valence-corrected chi connectivity index (χ3v) is 4.48. The fourth-order valence-corrected chi connectivity index (χ4v) is 2.91. The average molecular weight is 343 g/mol. The minimum atomic E-state index is -0.289. The Hall–Kier alpha value is -2.20. The van der Waals surface area contributed by atoms with E-state index in [1.807, 2.05) is 0 Å². The quantitative estimate of drug-likeness (QED) is 0.760. The van der Waals surface area contributed by atoms with E-state index in [9.17, 15) is 9.18 Å². The van der Waals surface area contributed by atoms with Crippen LogP contribution < -0.4 is 10.6 Å². The zero-order chi connectivity index (χ0) is 18.2. The number of benzene rings is 2. The summed E-state index contributed by atoms with van der Waals surface area (Å²) >= 11 is 0. The third kappa shape index (κ3) is 5.68. The number of aryl methyl sites for hydroxylation is 1. The Labute approximate surface area is 149 Å². The number of nitrogens with one attached hydrogen (secondary N) is 1. The van der Waals surface area contributed by atoms with Crippen LogP contribution in [0.4, 0.5) is 4.39 Å². The van der Waals surface area contributed by atoms with Gasteiger partial charge in [-0.25, -0.2) is 4.39 Å². The SMILES string of the molecule is CCc1ccc([C@@H]([NH2+]CC(=O)NCc2ccccc2F)C(C)C)cc1. The minimum absolute atomic E-state index is 0.0842. The lowest BCUT2D eigenvalue weighted by Gasteiger charge is -2.20. The smallest absolute Gasteiger partial charge is 0.275 e. The molecule has 3 N–H and O–H groups in total. The van der Waals surface area contributed by atoms with Gasteiger partial charge in [0.1, 0.15) is 11.9 Å². The highest BCUT2D eigenvalue weighted by Gasteiger charge is 2.20. The molecule has 0 saturated heterocycles. The van der Waals surface area contributed by atoms with Crippen LogP contribution in [0.15, 0.2) is 48.5 Å². The molecule has 0 unspecified atom stereocenters. The second-order valence-corrected chi connectivity index (χ2v) is 6.67. The molecule has 3 nitrogen and oxygen atoms in total. The Morgan fingerprint density at radius 1 is 1.12 bits per heavy atom. The van der Waals surface area contributed by atoms with Crippen molar-refractivity contribution in [2.75, 3.05) is 6.54 Å². The van der Waals surface area contributed by atoms with Crippen molar-refractivity contribution < 1.29 is 14.5 Å². The highest BCUT2D eigenvalue weighted by molar-refractivity contribution is 5.76. The number of hydrogen-bond donors (Lipinski definition) is 2. The highest BCUT2D eigenvalue weighted by Crippen LogP contribution is 2.18. The molecule has 1 atom stereocenters.